The van der Waals surface area contributed by atoms with Gasteiger partial charge in [-0.1, -0.05) is 13.8 Å². The molecular weight excluding hydrogens is 268 g/mol. The number of benzene rings is 1. The second-order valence-electron chi connectivity index (χ2n) is 6.44. The van der Waals surface area contributed by atoms with E-state index in [-0.39, 0.29) is 11.3 Å². The molecule has 2 rings (SSSR count). The van der Waals surface area contributed by atoms with Crippen molar-refractivity contribution in [2.75, 3.05) is 40.4 Å². The summed E-state index contributed by atoms with van der Waals surface area (Å²) in [4.78, 5) is 14.4. The molecule has 5 nitrogen and oxygen atoms in total. The smallest absolute Gasteiger partial charge is 0.251 e. The Morgan fingerprint density at radius 2 is 1.90 bits per heavy atom. The van der Waals surface area contributed by atoms with Crippen molar-refractivity contribution < 1.29 is 14.3 Å². The van der Waals surface area contributed by atoms with Crippen LogP contribution in [-0.2, 0) is 0 Å². The average molecular weight is 292 g/mol. The van der Waals surface area contributed by atoms with E-state index in [0.29, 0.717) is 36.8 Å². The van der Waals surface area contributed by atoms with Crippen LogP contribution < -0.4 is 14.8 Å². The molecule has 0 aromatic heterocycles. The molecule has 0 fully saturated rings. The maximum absolute atomic E-state index is 12.2. The Morgan fingerprint density at radius 3 is 2.57 bits per heavy atom. The first-order valence-corrected chi connectivity index (χ1v) is 7.20. The summed E-state index contributed by atoms with van der Waals surface area (Å²) in [7, 11) is 4.06. The lowest BCUT2D eigenvalue weighted by Crippen LogP contribution is -2.40. The molecule has 0 atom stereocenters. The van der Waals surface area contributed by atoms with Gasteiger partial charge in [-0.15, -0.1) is 0 Å². The van der Waals surface area contributed by atoms with Crippen molar-refractivity contribution >= 4 is 5.91 Å². The standard InChI is InChI=1S/C16H24N2O3/c1-16(2,11-18(3)4)10-17-15(19)12-5-6-13-14(9-12)21-8-7-20-13/h5-6,9H,7-8,10-11H2,1-4H3,(H,17,19). The highest BCUT2D eigenvalue weighted by Crippen LogP contribution is 2.30. The van der Waals surface area contributed by atoms with Crippen LogP contribution in [0.1, 0.15) is 24.2 Å². The van der Waals surface area contributed by atoms with Gasteiger partial charge in [0.1, 0.15) is 13.2 Å². The number of amides is 1. The topological polar surface area (TPSA) is 50.8 Å². The van der Waals surface area contributed by atoms with Crippen LogP contribution in [-0.4, -0.2) is 51.2 Å². The SMILES string of the molecule is CN(C)CC(C)(C)CNC(=O)c1ccc2c(c1)OCCO2. The van der Waals surface area contributed by atoms with Crippen molar-refractivity contribution in [3.05, 3.63) is 23.8 Å². The van der Waals surface area contributed by atoms with Gasteiger partial charge in [0.15, 0.2) is 11.5 Å². The van der Waals surface area contributed by atoms with Crippen LogP contribution in [0.5, 0.6) is 11.5 Å². The number of hydrogen-bond donors (Lipinski definition) is 1. The molecule has 1 aromatic carbocycles. The molecule has 0 saturated heterocycles. The zero-order chi connectivity index (χ0) is 15.5. The number of nitrogens with zero attached hydrogens (tertiary/aromatic N) is 1. The van der Waals surface area contributed by atoms with Crippen molar-refractivity contribution in [2.45, 2.75) is 13.8 Å². The molecule has 1 amide bonds. The van der Waals surface area contributed by atoms with Gasteiger partial charge in [-0.05, 0) is 37.7 Å². The van der Waals surface area contributed by atoms with Gasteiger partial charge < -0.3 is 19.7 Å². The van der Waals surface area contributed by atoms with Crippen LogP contribution >= 0.6 is 0 Å². The van der Waals surface area contributed by atoms with E-state index in [2.05, 4.69) is 24.1 Å². The molecule has 116 valence electrons. The first-order valence-electron chi connectivity index (χ1n) is 7.20. The summed E-state index contributed by atoms with van der Waals surface area (Å²) in [6.07, 6.45) is 0. The predicted octanol–water partition coefficient (Wildman–Crippen LogP) is 1.78. The maximum atomic E-state index is 12.2. The van der Waals surface area contributed by atoms with E-state index in [0.717, 1.165) is 6.54 Å². The molecule has 1 N–H and O–H groups in total. The second-order valence-corrected chi connectivity index (χ2v) is 6.44. The number of carbonyl (C=O) groups excluding carboxylic acids is 1. The molecule has 21 heavy (non-hydrogen) atoms. The second kappa shape index (κ2) is 6.35. The number of nitrogens with one attached hydrogen (secondary N) is 1. The quantitative estimate of drug-likeness (QED) is 0.899. The fraction of sp³-hybridized carbons (Fsp3) is 0.562. The number of carbonyl (C=O) groups is 1. The molecule has 1 aliphatic heterocycles. The Balaban J connectivity index is 1.97. The largest absolute Gasteiger partial charge is 0.486 e. The van der Waals surface area contributed by atoms with Crippen molar-refractivity contribution in [3.63, 3.8) is 0 Å². The monoisotopic (exact) mass is 292 g/mol. The van der Waals surface area contributed by atoms with Gasteiger partial charge in [0, 0.05) is 18.7 Å². The van der Waals surface area contributed by atoms with Crippen LogP contribution in [0.25, 0.3) is 0 Å². The van der Waals surface area contributed by atoms with E-state index in [9.17, 15) is 4.79 Å². The number of fused-ring (bicyclic) bond motifs is 1. The fourth-order valence-corrected chi connectivity index (χ4v) is 2.52. The highest BCUT2D eigenvalue weighted by Gasteiger charge is 2.21. The molecule has 5 heteroatoms. The lowest BCUT2D eigenvalue weighted by molar-refractivity contribution is 0.0928. The van der Waals surface area contributed by atoms with Gasteiger partial charge in [0.05, 0.1) is 0 Å². The minimum Gasteiger partial charge on any atom is -0.486 e. The first-order chi connectivity index (χ1) is 9.87. The summed E-state index contributed by atoms with van der Waals surface area (Å²) in [6.45, 7) is 6.88. The van der Waals surface area contributed by atoms with Gasteiger partial charge in [-0.25, -0.2) is 0 Å². The molecule has 0 unspecified atom stereocenters. The highest BCUT2D eigenvalue weighted by molar-refractivity contribution is 5.94. The summed E-state index contributed by atoms with van der Waals surface area (Å²) in [5, 5.41) is 2.99. The van der Waals surface area contributed by atoms with Crippen LogP contribution in [0.4, 0.5) is 0 Å². The van der Waals surface area contributed by atoms with E-state index in [1.54, 1.807) is 18.2 Å². The molecule has 0 radical (unpaired) electrons. The Bertz CT molecular complexity index is 512. The normalized spacial score (nSPS) is 14.1. The Kier molecular flexibility index (Phi) is 4.73. The Morgan fingerprint density at radius 1 is 1.24 bits per heavy atom. The summed E-state index contributed by atoms with van der Waals surface area (Å²) < 4.78 is 11.0. The zero-order valence-corrected chi connectivity index (χ0v) is 13.2. The lowest BCUT2D eigenvalue weighted by atomic mass is 9.93. The van der Waals surface area contributed by atoms with Crippen LogP contribution in [0.2, 0.25) is 0 Å². The third-order valence-corrected chi connectivity index (χ3v) is 3.28. The molecule has 1 aromatic rings. The first kappa shape index (κ1) is 15.6. The van der Waals surface area contributed by atoms with Gasteiger partial charge in [0.2, 0.25) is 0 Å². The van der Waals surface area contributed by atoms with E-state index in [1.165, 1.54) is 0 Å². The van der Waals surface area contributed by atoms with Gasteiger partial charge in [-0.2, -0.15) is 0 Å². The Labute approximate surface area is 126 Å². The van der Waals surface area contributed by atoms with Crippen molar-refractivity contribution in [1.82, 2.24) is 10.2 Å². The molecular formula is C16H24N2O3. The van der Waals surface area contributed by atoms with E-state index < -0.39 is 0 Å². The summed E-state index contributed by atoms with van der Waals surface area (Å²) in [5.74, 6) is 1.26. The van der Waals surface area contributed by atoms with Crippen molar-refractivity contribution in [1.29, 1.82) is 0 Å². The van der Waals surface area contributed by atoms with Gasteiger partial charge >= 0.3 is 0 Å². The van der Waals surface area contributed by atoms with Crippen molar-refractivity contribution in [3.8, 4) is 11.5 Å². The number of hydrogen-bond acceptors (Lipinski definition) is 4. The van der Waals surface area contributed by atoms with Crippen LogP contribution in [0.15, 0.2) is 18.2 Å². The summed E-state index contributed by atoms with van der Waals surface area (Å²) in [6, 6.07) is 5.29. The maximum Gasteiger partial charge on any atom is 0.251 e. The molecule has 0 aliphatic carbocycles. The fourth-order valence-electron chi connectivity index (χ4n) is 2.52. The number of ether oxygens (including phenoxy) is 2. The highest BCUT2D eigenvalue weighted by atomic mass is 16.6. The van der Waals surface area contributed by atoms with Crippen LogP contribution in [0.3, 0.4) is 0 Å². The van der Waals surface area contributed by atoms with Crippen molar-refractivity contribution in [2.24, 2.45) is 5.41 Å². The van der Waals surface area contributed by atoms with E-state index >= 15 is 0 Å². The zero-order valence-electron chi connectivity index (χ0n) is 13.2. The third kappa shape index (κ3) is 4.36. The average Bonchev–Trinajstić information content (AvgIpc) is 2.43. The summed E-state index contributed by atoms with van der Waals surface area (Å²) in [5.41, 5.74) is 0.618. The predicted molar refractivity (Wildman–Crippen MR) is 82.1 cm³/mol. The van der Waals surface area contributed by atoms with Gasteiger partial charge in [-0.3, -0.25) is 4.79 Å². The number of rotatable bonds is 5. The molecule has 1 aliphatic rings. The molecule has 1 heterocycles. The molecule has 0 bridgehead atoms. The summed E-state index contributed by atoms with van der Waals surface area (Å²) >= 11 is 0. The van der Waals surface area contributed by atoms with E-state index in [4.69, 9.17) is 9.47 Å². The third-order valence-electron chi connectivity index (χ3n) is 3.28. The minimum atomic E-state index is -0.0844. The molecule has 0 spiro atoms. The Hall–Kier alpha value is -1.75. The van der Waals surface area contributed by atoms with E-state index in [1.807, 2.05) is 14.1 Å². The van der Waals surface area contributed by atoms with Gasteiger partial charge in [0.25, 0.3) is 5.91 Å². The van der Waals surface area contributed by atoms with Crippen LogP contribution in [0, 0.1) is 5.41 Å². The molecule has 0 saturated carbocycles. The minimum absolute atomic E-state index is 0.0208. The lowest BCUT2D eigenvalue weighted by Gasteiger charge is -2.28.